The van der Waals surface area contributed by atoms with Crippen LogP contribution in [0.25, 0.3) is 0 Å². The molecule has 2 heterocycles. The second kappa shape index (κ2) is 29.7. The number of ether oxygens (including phenoxy) is 4. The van der Waals surface area contributed by atoms with Crippen LogP contribution in [-0.2, 0) is 14.4 Å². The number of hydrogen-bond acceptors (Lipinski definition) is 12. The summed E-state index contributed by atoms with van der Waals surface area (Å²) in [7, 11) is 2.95. The predicted octanol–water partition coefficient (Wildman–Crippen LogP) is 8.37. The number of carbonyl (C=O) groups excluding carboxylic acids is 3. The number of amides is 2. The molecule has 0 radical (unpaired) electrons. The third-order valence-corrected chi connectivity index (χ3v) is 11.3. The lowest BCUT2D eigenvalue weighted by molar-refractivity contribution is -0.192. The van der Waals surface area contributed by atoms with Gasteiger partial charge in [-0.05, 0) is 112 Å². The molecule has 0 atom stereocenters. The maximum absolute atomic E-state index is 13.4. The van der Waals surface area contributed by atoms with Crippen LogP contribution < -0.4 is 35.3 Å². The Labute approximate surface area is 410 Å². The van der Waals surface area contributed by atoms with Gasteiger partial charge in [-0.2, -0.15) is 13.2 Å². The first kappa shape index (κ1) is 58.0. The fourth-order valence-corrected chi connectivity index (χ4v) is 7.14. The molecule has 4 aromatic rings. The zero-order valence-electron chi connectivity index (χ0n) is 38.1. The normalized spacial score (nSPS) is 17.2. The van der Waals surface area contributed by atoms with Gasteiger partial charge in [0.1, 0.15) is 35.4 Å². The SMILES string of the molecule is COc1cccc(C(=O)NCC2CCC(CC(=O)COc3ccc(Cl)c(F)c3)CC2)n1.COc1cccc(C(=O)O)n1.NCC1CCC(NC(=O)COc2ccc(Cl)c(F)c2)CC1.O=C(O)C(F)(F)F. The molecule has 2 aliphatic rings. The van der Waals surface area contributed by atoms with Gasteiger partial charge in [-0.25, -0.2) is 28.3 Å². The van der Waals surface area contributed by atoms with Crippen LogP contribution in [0.4, 0.5) is 22.0 Å². The van der Waals surface area contributed by atoms with E-state index in [0.717, 1.165) is 51.4 Å². The summed E-state index contributed by atoms with van der Waals surface area (Å²) in [6, 6.07) is 18.1. The summed E-state index contributed by atoms with van der Waals surface area (Å²) in [5.74, 6) is -2.78. The van der Waals surface area contributed by atoms with Gasteiger partial charge in [0.15, 0.2) is 18.1 Å². The van der Waals surface area contributed by atoms with Crippen LogP contribution in [0.3, 0.4) is 0 Å². The van der Waals surface area contributed by atoms with Gasteiger partial charge in [0.05, 0.1) is 24.3 Å². The Morgan fingerprint density at radius 2 is 1.17 bits per heavy atom. The van der Waals surface area contributed by atoms with E-state index in [1.165, 1.54) is 50.6 Å². The third-order valence-electron chi connectivity index (χ3n) is 10.7. The summed E-state index contributed by atoms with van der Waals surface area (Å²) in [6.07, 6.45) is 3.11. The number of benzene rings is 2. The number of methoxy groups -OCH3 is 2. The van der Waals surface area contributed by atoms with E-state index in [1.54, 1.807) is 36.4 Å². The van der Waals surface area contributed by atoms with Crippen molar-refractivity contribution in [2.24, 2.45) is 23.5 Å². The number of nitrogens with zero attached hydrogens (tertiary/aromatic N) is 2. The van der Waals surface area contributed by atoms with Gasteiger partial charge in [0, 0.05) is 43.3 Å². The largest absolute Gasteiger partial charge is 0.490 e. The summed E-state index contributed by atoms with van der Waals surface area (Å²) in [6.45, 7) is 1.10. The van der Waals surface area contributed by atoms with Gasteiger partial charge in [0.2, 0.25) is 11.8 Å². The Morgan fingerprint density at radius 1 is 0.700 bits per heavy atom. The van der Waals surface area contributed by atoms with Crippen molar-refractivity contribution < 1.29 is 75.1 Å². The second-order valence-corrected chi connectivity index (χ2v) is 16.6. The highest BCUT2D eigenvalue weighted by molar-refractivity contribution is 6.31. The minimum atomic E-state index is -5.08. The molecule has 6 rings (SSSR count). The maximum atomic E-state index is 13.4. The number of pyridine rings is 2. The molecule has 2 amide bonds. The van der Waals surface area contributed by atoms with E-state index in [-0.39, 0.29) is 52.6 Å². The van der Waals surface area contributed by atoms with Crippen molar-refractivity contribution in [2.45, 2.75) is 70.0 Å². The number of carboxylic acid groups (broad SMARTS) is 2. The van der Waals surface area contributed by atoms with E-state index in [0.29, 0.717) is 66.2 Å². The van der Waals surface area contributed by atoms with Crippen LogP contribution in [0.1, 0.15) is 78.8 Å². The number of Topliss-reactive ketones (excluding diaryl/α,β-unsaturated/α-hetero) is 1. The van der Waals surface area contributed by atoms with Crippen LogP contribution >= 0.6 is 23.2 Å². The van der Waals surface area contributed by atoms with Crippen molar-refractivity contribution in [2.75, 3.05) is 40.5 Å². The van der Waals surface area contributed by atoms with E-state index < -0.39 is 29.7 Å². The van der Waals surface area contributed by atoms with Crippen LogP contribution in [0.5, 0.6) is 23.3 Å². The van der Waals surface area contributed by atoms with Crippen LogP contribution in [0.15, 0.2) is 72.8 Å². The molecular formula is C47H54Cl2F5N5O11. The number of alkyl halides is 3. The number of carboxylic acids is 2. The average Bonchev–Trinajstić information content (AvgIpc) is 3.35. The molecule has 2 aromatic heterocycles. The molecule has 70 heavy (non-hydrogen) atoms. The number of aliphatic carboxylic acids is 1. The smallest absolute Gasteiger partial charge is 0.486 e. The summed E-state index contributed by atoms with van der Waals surface area (Å²) in [5.41, 5.74) is 5.96. The summed E-state index contributed by atoms with van der Waals surface area (Å²) in [4.78, 5) is 63.4. The average molecular weight is 1030 g/mol. The Morgan fingerprint density at radius 3 is 1.64 bits per heavy atom. The highest BCUT2D eigenvalue weighted by atomic mass is 35.5. The zero-order chi connectivity index (χ0) is 51.8. The van der Waals surface area contributed by atoms with Gasteiger partial charge >= 0.3 is 18.1 Å². The number of carbonyl (C=O) groups is 5. The standard InChI is InChI=1S/C23H26ClFN2O4.C15H20ClFN2O2.C7H7NO3.C2HF3O2/c1-30-22-4-2-3-21(27-22)23(29)26-13-16-7-5-15(6-8-16)11-17(28)14-31-18-9-10-19(24)20(25)12-18;16-13-6-5-12(7-14(13)17)21-9-15(20)19-11-3-1-10(8-18)2-4-11;1-11-6-4-2-3-5(8-6)7(9)10;3-2(4,5)1(6)7/h2-4,9-10,12,15-16H,5-8,11,13-14H2,1H3,(H,26,29);5-7,10-11H,1-4,8-9,18H2,(H,19,20);2-4H,1H3,(H,9,10);(H,6,7). The Balaban J connectivity index is 0.000000284. The number of aromatic carboxylic acids is 1. The number of hydrogen-bond donors (Lipinski definition) is 5. The van der Waals surface area contributed by atoms with Gasteiger partial charge in [-0.15, -0.1) is 0 Å². The van der Waals surface area contributed by atoms with Gasteiger partial charge in [-0.3, -0.25) is 14.4 Å². The van der Waals surface area contributed by atoms with Gasteiger partial charge in [0.25, 0.3) is 11.8 Å². The molecule has 0 saturated heterocycles. The molecule has 2 aliphatic carbocycles. The highest BCUT2D eigenvalue weighted by Gasteiger charge is 2.38. The lowest BCUT2D eigenvalue weighted by atomic mass is 9.80. The molecule has 0 aliphatic heterocycles. The summed E-state index contributed by atoms with van der Waals surface area (Å²) >= 11 is 11.2. The number of halogens is 7. The van der Waals surface area contributed by atoms with Crippen molar-refractivity contribution >= 4 is 52.7 Å². The molecule has 0 bridgehead atoms. The van der Waals surface area contributed by atoms with E-state index in [4.69, 9.17) is 62.9 Å². The predicted molar refractivity (Wildman–Crippen MR) is 246 cm³/mol. The third kappa shape index (κ3) is 21.5. The zero-order valence-corrected chi connectivity index (χ0v) is 39.6. The molecule has 6 N–H and O–H groups in total. The number of rotatable bonds is 16. The molecule has 23 heteroatoms. The van der Waals surface area contributed by atoms with Crippen molar-refractivity contribution in [3.63, 3.8) is 0 Å². The van der Waals surface area contributed by atoms with E-state index in [9.17, 15) is 41.1 Å². The van der Waals surface area contributed by atoms with Crippen molar-refractivity contribution in [3.05, 3.63) is 106 Å². The van der Waals surface area contributed by atoms with Crippen LogP contribution in [0, 0.1) is 29.4 Å². The van der Waals surface area contributed by atoms with Crippen LogP contribution in [-0.4, -0.2) is 102 Å². The lowest BCUT2D eigenvalue weighted by Gasteiger charge is -2.28. The molecule has 2 fully saturated rings. The quantitative estimate of drug-likeness (QED) is 0.0663. The first-order valence-corrected chi connectivity index (χ1v) is 22.5. The number of nitrogens with two attached hydrogens (primary N) is 1. The molecular weight excluding hydrogens is 976 g/mol. The van der Waals surface area contributed by atoms with Gasteiger partial charge < -0.3 is 45.5 Å². The summed E-state index contributed by atoms with van der Waals surface area (Å²) in [5, 5.41) is 21.5. The summed E-state index contributed by atoms with van der Waals surface area (Å²) < 4.78 is 78.8. The molecule has 0 spiro atoms. The number of ketones is 1. The van der Waals surface area contributed by atoms with Crippen LogP contribution in [0.2, 0.25) is 10.0 Å². The molecule has 2 saturated carbocycles. The fraction of sp³-hybridized carbons (Fsp3) is 0.426. The van der Waals surface area contributed by atoms with Gasteiger partial charge in [-0.1, -0.05) is 35.3 Å². The van der Waals surface area contributed by atoms with Crippen molar-refractivity contribution in [3.8, 4) is 23.3 Å². The Kier molecular flexibility index (Phi) is 24.6. The molecule has 382 valence electrons. The Hall–Kier alpha value is -6.32. The highest BCUT2D eigenvalue weighted by Crippen LogP contribution is 2.31. The van der Waals surface area contributed by atoms with E-state index in [1.807, 2.05) is 0 Å². The Bertz CT molecular complexity index is 2330. The lowest BCUT2D eigenvalue weighted by Crippen LogP contribution is -2.40. The van der Waals surface area contributed by atoms with Crippen molar-refractivity contribution in [1.82, 2.24) is 20.6 Å². The monoisotopic (exact) mass is 1030 g/mol. The van der Waals surface area contributed by atoms with E-state index >= 15 is 0 Å². The first-order chi connectivity index (χ1) is 33.2. The molecule has 2 aromatic carbocycles. The number of nitrogens with one attached hydrogen (secondary N) is 2. The topological polar surface area (TPSA) is 239 Å². The first-order valence-electron chi connectivity index (χ1n) is 21.7. The minimum absolute atomic E-state index is 0.00351. The number of aromatic nitrogens is 2. The minimum Gasteiger partial charge on any atom is -0.486 e. The fourth-order valence-electron chi connectivity index (χ4n) is 6.91. The molecule has 0 unspecified atom stereocenters. The molecule has 16 nitrogen and oxygen atoms in total. The maximum Gasteiger partial charge on any atom is 0.490 e. The van der Waals surface area contributed by atoms with E-state index in [2.05, 4.69) is 20.6 Å². The van der Waals surface area contributed by atoms with Crippen molar-refractivity contribution in [1.29, 1.82) is 0 Å². The second-order valence-electron chi connectivity index (χ2n) is 15.8.